The number of ether oxygens (including phenoxy) is 1. The van der Waals surface area contributed by atoms with Crippen LogP contribution in [0.3, 0.4) is 0 Å². The fourth-order valence-corrected chi connectivity index (χ4v) is 2.26. The van der Waals surface area contributed by atoms with Crippen molar-refractivity contribution >= 4 is 5.91 Å². The third kappa shape index (κ3) is 2.86. The van der Waals surface area contributed by atoms with Gasteiger partial charge in [-0.15, -0.1) is 0 Å². The Hall–Kier alpha value is -1.35. The summed E-state index contributed by atoms with van der Waals surface area (Å²) >= 11 is 0. The topological polar surface area (TPSA) is 29.5 Å². The Bertz CT molecular complexity index is 395. The van der Waals surface area contributed by atoms with E-state index in [2.05, 4.69) is 0 Å². The molecule has 2 rings (SSSR count). The van der Waals surface area contributed by atoms with Crippen molar-refractivity contribution in [3.63, 3.8) is 0 Å². The van der Waals surface area contributed by atoms with E-state index in [4.69, 9.17) is 4.74 Å². The molecule has 0 N–H and O–H groups in total. The van der Waals surface area contributed by atoms with Gasteiger partial charge in [0.05, 0.1) is 6.10 Å². The van der Waals surface area contributed by atoms with Crippen molar-refractivity contribution in [2.24, 2.45) is 0 Å². The largest absolute Gasteiger partial charge is 0.381 e. The second-order valence-corrected chi connectivity index (χ2v) is 4.60. The highest BCUT2D eigenvalue weighted by Gasteiger charge is 2.23. The molecule has 0 aliphatic carbocycles. The van der Waals surface area contributed by atoms with Gasteiger partial charge in [-0.1, -0.05) is 17.7 Å². The Morgan fingerprint density at radius 2 is 2.06 bits per heavy atom. The second-order valence-electron chi connectivity index (χ2n) is 4.60. The highest BCUT2D eigenvalue weighted by molar-refractivity contribution is 5.94. The van der Waals surface area contributed by atoms with E-state index in [0.29, 0.717) is 6.10 Å². The second kappa shape index (κ2) is 5.32. The molecule has 1 fully saturated rings. The molecule has 17 heavy (non-hydrogen) atoms. The Morgan fingerprint density at radius 1 is 1.35 bits per heavy atom. The Morgan fingerprint density at radius 3 is 2.65 bits per heavy atom. The molecule has 92 valence electrons. The molecule has 0 unspecified atom stereocenters. The predicted octanol–water partition coefficient (Wildman–Crippen LogP) is 2.25. The minimum Gasteiger partial charge on any atom is -0.381 e. The number of hydrogen-bond acceptors (Lipinski definition) is 2. The van der Waals surface area contributed by atoms with Crippen molar-refractivity contribution < 1.29 is 9.53 Å². The van der Waals surface area contributed by atoms with Gasteiger partial charge in [0.1, 0.15) is 0 Å². The third-order valence-electron chi connectivity index (χ3n) is 3.33. The van der Waals surface area contributed by atoms with E-state index in [1.165, 1.54) is 0 Å². The van der Waals surface area contributed by atoms with Gasteiger partial charge in [-0.3, -0.25) is 4.79 Å². The first kappa shape index (κ1) is 12.1. The Kier molecular flexibility index (Phi) is 3.79. The van der Waals surface area contributed by atoms with Crippen molar-refractivity contribution in [1.29, 1.82) is 0 Å². The average molecular weight is 233 g/mol. The molecule has 0 radical (unpaired) electrons. The number of carbonyl (C=O) groups is 1. The molecule has 1 aromatic carbocycles. The van der Waals surface area contributed by atoms with Crippen molar-refractivity contribution in [2.45, 2.75) is 25.9 Å². The summed E-state index contributed by atoms with van der Waals surface area (Å²) < 4.78 is 5.31. The molecular formula is C14H19NO2. The number of hydrogen-bond donors (Lipinski definition) is 0. The minimum absolute atomic E-state index is 0.142. The Balaban J connectivity index is 2.02. The maximum Gasteiger partial charge on any atom is 0.253 e. The smallest absolute Gasteiger partial charge is 0.253 e. The van der Waals surface area contributed by atoms with Gasteiger partial charge in [0.25, 0.3) is 5.91 Å². The van der Waals surface area contributed by atoms with Crippen molar-refractivity contribution in [1.82, 2.24) is 4.90 Å². The zero-order valence-corrected chi connectivity index (χ0v) is 10.5. The van der Waals surface area contributed by atoms with Gasteiger partial charge in [-0.2, -0.15) is 0 Å². The minimum atomic E-state index is 0.142. The van der Waals surface area contributed by atoms with Crippen LogP contribution in [0.15, 0.2) is 24.3 Å². The van der Waals surface area contributed by atoms with Crippen molar-refractivity contribution in [3.05, 3.63) is 35.4 Å². The molecule has 3 nitrogen and oxygen atoms in total. The van der Waals surface area contributed by atoms with Crippen LogP contribution in [0.4, 0.5) is 0 Å². The van der Waals surface area contributed by atoms with Crippen LogP contribution in [0.25, 0.3) is 0 Å². The molecule has 1 aliphatic heterocycles. The zero-order valence-electron chi connectivity index (χ0n) is 10.5. The van der Waals surface area contributed by atoms with Crippen LogP contribution in [0.5, 0.6) is 0 Å². The van der Waals surface area contributed by atoms with E-state index in [1.54, 1.807) is 7.11 Å². The lowest BCUT2D eigenvalue weighted by Crippen LogP contribution is -2.40. The Labute approximate surface area is 102 Å². The number of carbonyl (C=O) groups excluding carboxylic acids is 1. The molecule has 0 bridgehead atoms. The van der Waals surface area contributed by atoms with Crippen LogP contribution in [0.2, 0.25) is 0 Å². The number of rotatable bonds is 2. The van der Waals surface area contributed by atoms with E-state index in [-0.39, 0.29) is 5.91 Å². The van der Waals surface area contributed by atoms with E-state index in [1.807, 2.05) is 36.1 Å². The van der Waals surface area contributed by atoms with Gasteiger partial charge in [-0.25, -0.2) is 0 Å². The van der Waals surface area contributed by atoms with E-state index in [0.717, 1.165) is 37.1 Å². The normalized spacial score (nSPS) is 17.2. The molecule has 0 aromatic heterocycles. The monoisotopic (exact) mass is 233 g/mol. The summed E-state index contributed by atoms with van der Waals surface area (Å²) in [6.45, 7) is 3.60. The molecule has 0 atom stereocenters. The zero-order chi connectivity index (χ0) is 12.3. The number of amides is 1. The molecule has 0 saturated carbocycles. The highest BCUT2D eigenvalue weighted by atomic mass is 16.5. The van der Waals surface area contributed by atoms with Gasteiger partial charge in [0, 0.05) is 25.8 Å². The fraction of sp³-hybridized carbons (Fsp3) is 0.500. The highest BCUT2D eigenvalue weighted by Crippen LogP contribution is 2.16. The number of methoxy groups -OCH3 is 1. The van der Waals surface area contributed by atoms with Gasteiger partial charge in [0.2, 0.25) is 0 Å². The number of benzene rings is 1. The van der Waals surface area contributed by atoms with Crippen LogP contribution < -0.4 is 0 Å². The summed E-state index contributed by atoms with van der Waals surface area (Å²) in [7, 11) is 1.74. The molecule has 3 heteroatoms. The average Bonchev–Trinajstić information content (AvgIpc) is 2.38. The number of likely N-dealkylation sites (tertiary alicyclic amines) is 1. The standard InChI is InChI=1S/C14H19NO2/c1-11-4-3-5-12(10-11)14(16)15-8-6-13(17-2)7-9-15/h3-5,10,13H,6-9H2,1-2H3. The molecule has 1 aromatic rings. The lowest BCUT2D eigenvalue weighted by Gasteiger charge is -2.31. The van der Waals surface area contributed by atoms with Crippen LogP contribution in [0, 0.1) is 6.92 Å². The summed E-state index contributed by atoms with van der Waals surface area (Å²) in [5.74, 6) is 0.142. The summed E-state index contributed by atoms with van der Waals surface area (Å²) in [6.07, 6.45) is 2.19. The van der Waals surface area contributed by atoms with Crippen LogP contribution in [-0.2, 0) is 4.74 Å². The fourth-order valence-electron chi connectivity index (χ4n) is 2.26. The maximum atomic E-state index is 12.2. The van der Waals surface area contributed by atoms with Gasteiger partial charge in [0.15, 0.2) is 0 Å². The van der Waals surface area contributed by atoms with Crippen LogP contribution in [-0.4, -0.2) is 37.1 Å². The summed E-state index contributed by atoms with van der Waals surface area (Å²) in [5, 5.41) is 0. The first-order chi connectivity index (χ1) is 8.20. The molecule has 1 aliphatic rings. The molecule has 0 spiro atoms. The molecular weight excluding hydrogens is 214 g/mol. The van der Waals surface area contributed by atoms with E-state index >= 15 is 0 Å². The number of aryl methyl sites for hydroxylation is 1. The summed E-state index contributed by atoms with van der Waals surface area (Å²) in [4.78, 5) is 14.2. The van der Waals surface area contributed by atoms with Crippen molar-refractivity contribution in [2.75, 3.05) is 20.2 Å². The lowest BCUT2D eigenvalue weighted by atomic mass is 10.1. The van der Waals surface area contributed by atoms with Crippen LogP contribution >= 0.6 is 0 Å². The maximum absolute atomic E-state index is 12.2. The van der Waals surface area contributed by atoms with E-state index in [9.17, 15) is 4.79 Å². The quantitative estimate of drug-likeness (QED) is 0.784. The molecule has 1 heterocycles. The third-order valence-corrected chi connectivity index (χ3v) is 3.33. The van der Waals surface area contributed by atoms with Crippen LogP contribution in [0.1, 0.15) is 28.8 Å². The molecule has 1 saturated heterocycles. The summed E-state index contributed by atoms with van der Waals surface area (Å²) in [6, 6.07) is 7.78. The first-order valence-electron chi connectivity index (χ1n) is 6.09. The lowest BCUT2D eigenvalue weighted by molar-refractivity contribution is 0.0351. The predicted molar refractivity (Wildman–Crippen MR) is 67.1 cm³/mol. The first-order valence-corrected chi connectivity index (χ1v) is 6.09. The number of nitrogens with zero attached hydrogens (tertiary/aromatic N) is 1. The summed E-state index contributed by atoms with van der Waals surface area (Å²) in [5.41, 5.74) is 1.92. The van der Waals surface area contributed by atoms with Gasteiger partial charge < -0.3 is 9.64 Å². The van der Waals surface area contributed by atoms with Gasteiger partial charge in [-0.05, 0) is 31.9 Å². The SMILES string of the molecule is COC1CCN(C(=O)c2cccc(C)c2)CC1. The van der Waals surface area contributed by atoms with Gasteiger partial charge >= 0.3 is 0 Å². The number of piperidine rings is 1. The molecule has 1 amide bonds. The van der Waals surface area contributed by atoms with E-state index < -0.39 is 0 Å². The van der Waals surface area contributed by atoms with Crippen molar-refractivity contribution in [3.8, 4) is 0 Å².